The molecule has 19 heavy (non-hydrogen) atoms. The topological polar surface area (TPSA) is 48.5 Å². The molecule has 0 spiro atoms. The summed E-state index contributed by atoms with van der Waals surface area (Å²) in [5.41, 5.74) is 0. The number of hydrogen-bond donors (Lipinski definition) is 1. The fourth-order valence-corrected chi connectivity index (χ4v) is 2.79. The lowest BCUT2D eigenvalue weighted by Gasteiger charge is -2.34. The minimum absolute atomic E-state index is 0.136. The van der Waals surface area contributed by atoms with Crippen LogP contribution in [-0.4, -0.2) is 54.6 Å². The molecule has 1 aliphatic rings. The number of amides is 1. The average molecular weight is 282 g/mol. The van der Waals surface area contributed by atoms with E-state index < -0.39 is 0 Å². The van der Waals surface area contributed by atoms with Crippen LogP contribution in [0, 0.1) is 0 Å². The first-order chi connectivity index (χ1) is 9.19. The molecule has 5 nitrogen and oxygen atoms in total. The fraction of sp³-hybridized carbons (Fsp3) is 0.692. The molecule has 0 saturated carbocycles. The van der Waals surface area contributed by atoms with E-state index in [0.717, 1.165) is 37.7 Å². The van der Waals surface area contributed by atoms with Gasteiger partial charge in [-0.2, -0.15) is 0 Å². The highest BCUT2D eigenvalue weighted by molar-refractivity contribution is 7.13. The Morgan fingerprint density at radius 2 is 2.21 bits per heavy atom. The number of nitrogens with one attached hydrogen (secondary N) is 1. The van der Waals surface area contributed by atoms with Crippen molar-refractivity contribution in [3.63, 3.8) is 0 Å². The van der Waals surface area contributed by atoms with Crippen LogP contribution in [0.15, 0.2) is 11.6 Å². The number of anilines is 1. The van der Waals surface area contributed by atoms with Gasteiger partial charge in [0.05, 0.1) is 6.54 Å². The van der Waals surface area contributed by atoms with Crippen molar-refractivity contribution in [3.8, 4) is 0 Å². The largest absolute Gasteiger partial charge is 0.353 e. The summed E-state index contributed by atoms with van der Waals surface area (Å²) < 4.78 is 0. The smallest absolute Gasteiger partial charge is 0.234 e. The van der Waals surface area contributed by atoms with E-state index in [1.807, 2.05) is 18.5 Å². The van der Waals surface area contributed by atoms with Crippen molar-refractivity contribution < 1.29 is 4.79 Å². The lowest BCUT2D eigenvalue weighted by atomic mass is 10.2. The van der Waals surface area contributed by atoms with Gasteiger partial charge in [0.2, 0.25) is 5.91 Å². The van der Waals surface area contributed by atoms with Crippen LogP contribution < -0.4 is 10.2 Å². The number of carbonyl (C=O) groups is 1. The molecule has 0 radical (unpaired) electrons. The summed E-state index contributed by atoms with van der Waals surface area (Å²) in [6.45, 7) is 8.38. The first-order valence-electron chi connectivity index (χ1n) is 6.85. The highest BCUT2D eigenvalue weighted by atomic mass is 32.1. The number of hydrogen-bond acceptors (Lipinski definition) is 5. The second kappa shape index (κ2) is 6.86. The molecule has 1 fully saturated rings. The zero-order valence-corrected chi connectivity index (χ0v) is 12.4. The zero-order chi connectivity index (χ0) is 13.7. The number of carbonyl (C=O) groups excluding carboxylic acids is 1. The molecule has 1 N–H and O–H groups in total. The molecule has 1 atom stereocenters. The molecular formula is C13H22N4OS. The van der Waals surface area contributed by atoms with E-state index in [9.17, 15) is 4.79 Å². The number of piperazine rings is 1. The maximum Gasteiger partial charge on any atom is 0.234 e. The molecule has 106 valence electrons. The van der Waals surface area contributed by atoms with E-state index >= 15 is 0 Å². The van der Waals surface area contributed by atoms with Gasteiger partial charge < -0.3 is 10.2 Å². The third kappa shape index (κ3) is 4.18. The highest BCUT2D eigenvalue weighted by Gasteiger charge is 2.20. The molecule has 2 rings (SSSR count). The number of aromatic nitrogens is 1. The second-order valence-corrected chi connectivity index (χ2v) is 5.83. The standard InChI is InChI=1S/C13H22N4OS/c1-3-11(2)15-12(18)10-16-5-7-17(8-6-16)13-14-4-9-19-13/h4,9,11H,3,5-8,10H2,1-2H3,(H,15,18). The van der Waals surface area contributed by atoms with Crippen LogP contribution in [0.5, 0.6) is 0 Å². The molecule has 1 amide bonds. The summed E-state index contributed by atoms with van der Waals surface area (Å²) in [6.07, 6.45) is 2.82. The summed E-state index contributed by atoms with van der Waals surface area (Å²) in [7, 11) is 0. The van der Waals surface area contributed by atoms with Gasteiger partial charge in [0.1, 0.15) is 0 Å². The lowest BCUT2D eigenvalue weighted by molar-refractivity contribution is -0.122. The Hall–Kier alpha value is -1.14. The lowest BCUT2D eigenvalue weighted by Crippen LogP contribution is -2.50. The van der Waals surface area contributed by atoms with Crippen molar-refractivity contribution in [2.24, 2.45) is 0 Å². The van der Waals surface area contributed by atoms with Crippen LogP contribution in [0.3, 0.4) is 0 Å². The van der Waals surface area contributed by atoms with Crippen molar-refractivity contribution in [2.75, 3.05) is 37.6 Å². The van der Waals surface area contributed by atoms with Crippen molar-refractivity contribution in [1.82, 2.24) is 15.2 Å². The SMILES string of the molecule is CCC(C)NC(=O)CN1CCN(c2nccs2)CC1. The van der Waals surface area contributed by atoms with Crippen molar-refractivity contribution in [2.45, 2.75) is 26.3 Å². The van der Waals surface area contributed by atoms with Crippen molar-refractivity contribution in [1.29, 1.82) is 0 Å². The van der Waals surface area contributed by atoms with Gasteiger partial charge >= 0.3 is 0 Å². The van der Waals surface area contributed by atoms with Gasteiger partial charge in [-0.25, -0.2) is 4.98 Å². The Kier molecular flexibility index (Phi) is 5.15. The van der Waals surface area contributed by atoms with Gasteiger partial charge in [0.25, 0.3) is 0 Å². The van der Waals surface area contributed by atoms with E-state index in [1.54, 1.807) is 11.3 Å². The average Bonchev–Trinajstić information content (AvgIpc) is 2.93. The summed E-state index contributed by atoms with van der Waals surface area (Å²) in [5, 5.41) is 6.10. The molecular weight excluding hydrogens is 260 g/mol. The third-order valence-corrected chi connectivity index (χ3v) is 4.28. The van der Waals surface area contributed by atoms with Crippen LogP contribution >= 0.6 is 11.3 Å². The van der Waals surface area contributed by atoms with Crippen LogP contribution in [0.4, 0.5) is 5.13 Å². The quantitative estimate of drug-likeness (QED) is 0.881. The van der Waals surface area contributed by atoms with Crippen LogP contribution in [0.25, 0.3) is 0 Å². The second-order valence-electron chi connectivity index (χ2n) is 4.95. The minimum Gasteiger partial charge on any atom is -0.353 e. The number of rotatable bonds is 5. The molecule has 1 aliphatic heterocycles. The molecule has 1 saturated heterocycles. The summed E-state index contributed by atoms with van der Waals surface area (Å²) >= 11 is 1.67. The van der Waals surface area contributed by atoms with Gasteiger partial charge in [-0.1, -0.05) is 6.92 Å². The Balaban J connectivity index is 1.73. The maximum absolute atomic E-state index is 11.8. The highest BCUT2D eigenvalue weighted by Crippen LogP contribution is 2.18. The maximum atomic E-state index is 11.8. The van der Waals surface area contributed by atoms with Gasteiger partial charge in [-0.15, -0.1) is 11.3 Å². The predicted octanol–water partition coefficient (Wildman–Crippen LogP) is 1.18. The monoisotopic (exact) mass is 282 g/mol. The van der Waals surface area contributed by atoms with E-state index in [0.29, 0.717) is 6.54 Å². The summed E-state index contributed by atoms with van der Waals surface area (Å²) in [4.78, 5) is 20.6. The molecule has 0 aromatic carbocycles. The van der Waals surface area contributed by atoms with Crippen LogP contribution in [-0.2, 0) is 4.79 Å². The predicted molar refractivity (Wildman–Crippen MR) is 78.7 cm³/mol. The fourth-order valence-electron chi connectivity index (χ4n) is 2.09. The van der Waals surface area contributed by atoms with Gasteiger partial charge in [0, 0.05) is 43.8 Å². The molecule has 1 aromatic rings. The molecule has 2 heterocycles. The first-order valence-corrected chi connectivity index (χ1v) is 7.73. The van der Waals surface area contributed by atoms with E-state index in [2.05, 4.69) is 27.0 Å². The molecule has 0 aliphatic carbocycles. The van der Waals surface area contributed by atoms with Crippen LogP contribution in [0.2, 0.25) is 0 Å². The zero-order valence-electron chi connectivity index (χ0n) is 11.6. The molecule has 6 heteroatoms. The minimum atomic E-state index is 0.136. The normalized spacial score (nSPS) is 18.3. The van der Waals surface area contributed by atoms with Crippen molar-refractivity contribution in [3.05, 3.63) is 11.6 Å². The van der Waals surface area contributed by atoms with Gasteiger partial charge in [-0.3, -0.25) is 9.69 Å². The first kappa shape index (κ1) is 14.3. The number of nitrogens with zero attached hydrogens (tertiary/aromatic N) is 3. The van der Waals surface area contributed by atoms with E-state index in [-0.39, 0.29) is 11.9 Å². The van der Waals surface area contributed by atoms with Crippen LogP contribution in [0.1, 0.15) is 20.3 Å². The van der Waals surface area contributed by atoms with Gasteiger partial charge in [-0.05, 0) is 13.3 Å². The van der Waals surface area contributed by atoms with E-state index in [4.69, 9.17) is 0 Å². The third-order valence-electron chi connectivity index (χ3n) is 3.45. The molecule has 1 unspecified atom stereocenters. The van der Waals surface area contributed by atoms with Crippen molar-refractivity contribution >= 4 is 22.4 Å². The summed E-state index contributed by atoms with van der Waals surface area (Å²) in [6, 6.07) is 0.268. The molecule has 1 aromatic heterocycles. The number of thiazole rings is 1. The Morgan fingerprint density at radius 3 is 2.79 bits per heavy atom. The summed E-state index contributed by atoms with van der Waals surface area (Å²) in [5.74, 6) is 0.136. The van der Waals surface area contributed by atoms with E-state index in [1.165, 1.54) is 0 Å². The Bertz CT molecular complexity index is 387. The Labute approximate surface area is 118 Å². The van der Waals surface area contributed by atoms with Gasteiger partial charge in [0.15, 0.2) is 5.13 Å². The Morgan fingerprint density at radius 1 is 1.47 bits per heavy atom. The molecule has 0 bridgehead atoms.